The molecule has 1 saturated carbocycles. The number of aromatic nitrogens is 4. The van der Waals surface area contributed by atoms with E-state index in [1.165, 1.54) is 19.4 Å². The van der Waals surface area contributed by atoms with E-state index in [2.05, 4.69) is 60.8 Å². The van der Waals surface area contributed by atoms with Crippen LogP contribution in [0.25, 0.3) is 22.3 Å². The second-order valence-electron chi connectivity index (χ2n) is 12.6. The molecule has 46 heavy (non-hydrogen) atoms. The molecule has 2 N–H and O–H groups in total. The number of carbonyl (C=O) groups is 1. The first kappa shape index (κ1) is 31.8. The summed E-state index contributed by atoms with van der Waals surface area (Å²) in [5, 5.41) is 13.2. The molecule has 0 atom stereocenters. The van der Waals surface area contributed by atoms with Gasteiger partial charge in [0, 0.05) is 69.1 Å². The Labute approximate surface area is 269 Å². The Hall–Kier alpha value is -4.13. The number of nitrogens with one attached hydrogen (secondary N) is 1. The van der Waals surface area contributed by atoms with Crippen LogP contribution in [-0.2, 0) is 0 Å². The highest BCUT2D eigenvalue weighted by Crippen LogP contribution is 2.37. The third kappa shape index (κ3) is 6.69. The summed E-state index contributed by atoms with van der Waals surface area (Å²) >= 11 is 0. The number of rotatable bonds is 9. The van der Waals surface area contributed by atoms with Crippen molar-refractivity contribution in [3.8, 4) is 17.0 Å². The van der Waals surface area contributed by atoms with Crippen molar-refractivity contribution >= 4 is 28.6 Å². The fourth-order valence-electron chi connectivity index (χ4n) is 6.53. The number of piperazine rings is 1. The predicted molar refractivity (Wildman–Crippen MR) is 177 cm³/mol. The molecule has 1 aromatic carbocycles. The quantitative estimate of drug-likeness (QED) is 0.279. The van der Waals surface area contributed by atoms with Gasteiger partial charge in [0.25, 0.3) is 5.91 Å². The monoisotopic (exact) mass is 630 g/mol. The van der Waals surface area contributed by atoms with Gasteiger partial charge >= 0.3 is 0 Å². The second kappa shape index (κ2) is 13.7. The van der Waals surface area contributed by atoms with Crippen molar-refractivity contribution in [3.63, 3.8) is 0 Å². The fourth-order valence-corrected chi connectivity index (χ4v) is 6.53. The number of aliphatic hydroxyl groups is 1. The first-order valence-electron chi connectivity index (χ1n) is 16.0. The number of aryl methyl sites for hydroxylation is 1. The Balaban J connectivity index is 1.32. The van der Waals surface area contributed by atoms with Crippen molar-refractivity contribution in [3.05, 3.63) is 59.8 Å². The molecule has 1 saturated heterocycles. The van der Waals surface area contributed by atoms with Gasteiger partial charge in [-0.05, 0) is 77.0 Å². The molecule has 3 aromatic heterocycles. The number of halogens is 1. The average molecular weight is 631 g/mol. The van der Waals surface area contributed by atoms with Gasteiger partial charge in [0.2, 0.25) is 5.95 Å². The maximum Gasteiger partial charge on any atom is 0.261 e. The van der Waals surface area contributed by atoms with E-state index < -0.39 is 11.7 Å². The molecule has 0 bridgehead atoms. The molecule has 0 unspecified atom stereocenters. The summed E-state index contributed by atoms with van der Waals surface area (Å²) in [4.78, 5) is 34.2. The molecular weight excluding hydrogens is 587 g/mol. The number of anilines is 2. The van der Waals surface area contributed by atoms with Gasteiger partial charge in [0.15, 0.2) is 5.82 Å². The molecule has 1 amide bonds. The summed E-state index contributed by atoms with van der Waals surface area (Å²) in [5.74, 6) is -0.606. The van der Waals surface area contributed by atoms with Crippen molar-refractivity contribution in [2.75, 3.05) is 70.7 Å². The summed E-state index contributed by atoms with van der Waals surface area (Å²) in [7, 11) is 5.70. The number of fused-ring (bicyclic) bond motifs is 1. The topological polar surface area (TPSA) is 112 Å². The predicted octanol–water partition coefficient (Wildman–Crippen LogP) is 4.36. The van der Waals surface area contributed by atoms with E-state index in [0.717, 1.165) is 68.8 Å². The highest BCUT2D eigenvalue weighted by molar-refractivity contribution is 6.05. The number of carbonyl (C=O) groups excluding carboxylic acids is 1. The molecular formula is C34H43FN8O3. The van der Waals surface area contributed by atoms with Crippen molar-refractivity contribution in [1.29, 1.82) is 0 Å². The van der Waals surface area contributed by atoms with Crippen LogP contribution in [0.3, 0.4) is 0 Å². The van der Waals surface area contributed by atoms with Crippen molar-refractivity contribution in [2.24, 2.45) is 0 Å². The summed E-state index contributed by atoms with van der Waals surface area (Å²) in [5.41, 5.74) is 3.47. The average Bonchev–Trinajstić information content (AvgIpc) is 3.42. The van der Waals surface area contributed by atoms with Crippen LogP contribution in [0.2, 0.25) is 0 Å². The lowest BCUT2D eigenvalue weighted by Gasteiger charge is -2.36. The molecule has 1 aliphatic carbocycles. The smallest absolute Gasteiger partial charge is 0.261 e. The number of pyridine rings is 2. The van der Waals surface area contributed by atoms with Crippen LogP contribution in [0.15, 0.2) is 42.7 Å². The van der Waals surface area contributed by atoms with E-state index in [1.807, 2.05) is 6.07 Å². The maximum absolute atomic E-state index is 16.0. The Morgan fingerprint density at radius 3 is 2.57 bits per heavy atom. The fraction of sp³-hybridized carbons (Fsp3) is 0.471. The van der Waals surface area contributed by atoms with Crippen LogP contribution in [-0.4, -0.2) is 107 Å². The minimum atomic E-state index is -0.759. The zero-order valence-electron chi connectivity index (χ0n) is 27.0. The third-order valence-electron chi connectivity index (χ3n) is 9.12. The largest absolute Gasteiger partial charge is 0.496 e. The summed E-state index contributed by atoms with van der Waals surface area (Å²) < 4.78 is 23.5. The first-order chi connectivity index (χ1) is 22.2. The molecule has 6 rings (SSSR count). The number of imidazole rings is 1. The Bertz CT molecular complexity index is 1690. The van der Waals surface area contributed by atoms with Gasteiger partial charge in [-0.25, -0.2) is 14.4 Å². The number of likely N-dealkylation sites (N-methyl/N-ethyl adjacent to an activating group) is 1. The van der Waals surface area contributed by atoms with Crippen LogP contribution in [0.5, 0.6) is 5.75 Å². The zero-order chi connectivity index (χ0) is 32.4. The van der Waals surface area contributed by atoms with E-state index in [9.17, 15) is 9.90 Å². The second-order valence-corrected chi connectivity index (χ2v) is 12.6. The summed E-state index contributed by atoms with van der Waals surface area (Å²) in [6.45, 7) is 7.66. The van der Waals surface area contributed by atoms with Gasteiger partial charge in [-0.15, -0.1) is 0 Å². The van der Waals surface area contributed by atoms with E-state index in [-0.39, 0.29) is 23.4 Å². The SMILES string of the molecule is COc1ccncc1-c1nc(C)cc(C(=O)Nc2nc3ccc(N4CCN(CCN(C)C)CC4)cc3n2[C@H]2CC[C@@H](O)CC2)c1F. The number of hydrogen-bond donors (Lipinski definition) is 2. The minimum absolute atomic E-state index is 0.00340. The molecule has 11 nitrogen and oxygen atoms in total. The Morgan fingerprint density at radius 2 is 1.85 bits per heavy atom. The number of methoxy groups -OCH3 is 1. The normalized spacial score (nSPS) is 19.2. The number of amides is 1. The number of nitrogens with zero attached hydrogens (tertiary/aromatic N) is 7. The lowest BCUT2D eigenvalue weighted by atomic mass is 9.93. The van der Waals surface area contributed by atoms with E-state index in [4.69, 9.17) is 9.72 Å². The highest BCUT2D eigenvalue weighted by atomic mass is 19.1. The lowest BCUT2D eigenvalue weighted by molar-refractivity contribution is 0.101. The van der Waals surface area contributed by atoms with Crippen LogP contribution >= 0.6 is 0 Å². The highest BCUT2D eigenvalue weighted by Gasteiger charge is 2.28. The van der Waals surface area contributed by atoms with Crippen LogP contribution in [0.4, 0.5) is 16.0 Å². The van der Waals surface area contributed by atoms with E-state index >= 15 is 4.39 Å². The first-order valence-corrected chi connectivity index (χ1v) is 16.0. The van der Waals surface area contributed by atoms with Crippen LogP contribution in [0, 0.1) is 12.7 Å². The summed E-state index contributed by atoms with van der Waals surface area (Å²) in [6.07, 6.45) is 5.53. The molecule has 0 radical (unpaired) electrons. The maximum atomic E-state index is 16.0. The Morgan fingerprint density at radius 1 is 1.09 bits per heavy atom. The Kier molecular flexibility index (Phi) is 9.48. The van der Waals surface area contributed by atoms with Gasteiger partial charge in [-0.2, -0.15) is 0 Å². The molecule has 1 aliphatic heterocycles. The van der Waals surface area contributed by atoms with E-state index in [0.29, 0.717) is 35.8 Å². The number of ether oxygens (including phenoxy) is 1. The van der Waals surface area contributed by atoms with E-state index in [1.54, 1.807) is 19.2 Å². The molecule has 4 heterocycles. The molecule has 0 spiro atoms. The molecule has 4 aromatic rings. The van der Waals surface area contributed by atoms with Crippen LogP contribution in [0.1, 0.15) is 47.8 Å². The van der Waals surface area contributed by atoms with Crippen LogP contribution < -0.4 is 15.0 Å². The molecule has 12 heteroatoms. The zero-order valence-corrected chi connectivity index (χ0v) is 27.0. The van der Waals surface area contributed by atoms with Crippen molar-refractivity contribution in [1.82, 2.24) is 29.3 Å². The molecule has 2 fully saturated rings. The van der Waals surface area contributed by atoms with Gasteiger partial charge in [0.1, 0.15) is 11.4 Å². The van der Waals surface area contributed by atoms with Gasteiger partial charge in [-0.3, -0.25) is 20.0 Å². The standard InChI is InChI=1S/C34H43FN8O3/c1-22-19-26(31(35)32(37-22)27-21-36-12-11-30(27)46-4)33(45)39-34-38-28-10-7-24(42-17-15-41(16-18-42)14-13-40(2)3)20-29(28)43(34)23-5-8-25(44)9-6-23/h7,10-12,19-21,23,25,44H,5-6,8-9,13-18H2,1-4H3,(H,38,39,45)/t23-,25+. The summed E-state index contributed by atoms with van der Waals surface area (Å²) in [6, 6.07) is 9.34. The molecule has 2 aliphatic rings. The number of hydrogen-bond acceptors (Lipinski definition) is 9. The number of aliphatic hydroxyl groups excluding tert-OH is 1. The number of benzene rings is 1. The third-order valence-corrected chi connectivity index (χ3v) is 9.12. The van der Waals surface area contributed by atoms with Gasteiger partial charge in [-0.1, -0.05) is 0 Å². The van der Waals surface area contributed by atoms with Gasteiger partial charge in [0.05, 0.1) is 35.4 Å². The van der Waals surface area contributed by atoms with Crippen molar-refractivity contribution in [2.45, 2.75) is 44.8 Å². The van der Waals surface area contributed by atoms with Gasteiger partial charge < -0.3 is 24.2 Å². The molecule has 244 valence electrons. The lowest BCUT2D eigenvalue weighted by Crippen LogP contribution is -2.48. The van der Waals surface area contributed by atoms with Crippen molar-refractivity contribution < 1.29 is 19.0 Å². The minimum Gasteiger partial charge on any atom is -0.496 e.